The van der Waals surface area contributed by atoms with Gasteiger partial charge in [-0.1, -0.05) is 29.3 Å². The summed E-state index contributed by atoms with van der Waals surface area (Å²) in [6, 6.07) is 5.30. The monoisotopic (exact) mass is 326 g/mol. The lowest BCUT2D eigenvalue weighted by Crippen LogP contribution is -2.29. The first kappa shape index (κ1) is 13.9. The van der Waals surface area contributed by atoms with E-state index < -0.39 is 0 Å². The number of hydrazine groups is 1. The van der Waals surface area contributed by atoms with Crippen LogP contribution in [0.1, 0.15) is 17.3 Å². The maximum atomic E-state index is 6.22. The highest BCUT2D eigenvalue weighted by atomic mass is 35.5. The molecule has 0 bridgehead atoms. The molecule has 1 aromatic carbocycles. The van der Waals surface area contributed by atoms with Crippen molar-refractivity contribution in [2.24, 2.45) is 5.84 Å². The van der Waals surface area contributed by atoms with Gasteiger partial charge in [-0.05, 0) is 17.7 Å². The topological polar surface area (TPSA) is 55.3 Å². The highest BCUT2D eigenvalue weighted by Crippen LogP contribution is 2.28. The van der Waals surface area contributed by atoms with Gasteiger partial charge in [0.2, 0.25) is 0 Å². The minimum Gasteiger partial charge on any atom is -0.297 e. The van der Waals surface area contributed by atoms with Crippen LogP contribution in [0, 0.1) is 0 Å². The van der Waals surface area contributed by atoms with Gasteiger partial charge < -0.3 is 0 Å². The van der Waals surface area contributed by atoms with E-state index in [0.29, 0.717) is 16.5 Å². The van der Waals surface area contributed by atoms with Gasteiger partial charge in [-0.3, -0.25) is 15.7 Å². The Morgan fingerprint density at radius 3 is 2.95 bits per heavy atom. The van der Waals surface area contributed by atoms with E-state index in [4.69, 9.17) is 29.0 Å². The molecular weight excluding hydrogens is 315 g/mol. The van der Waals surface area contributed by atoms with E-state index in [2.05, 4.69) is 10.4 Å². The zero-order valence-electron chi connectivity index (χ0n) is 10.4. The SMILES string of the molecule is NNC(Cc1cn2ccsc2n1)c1ccc(Cl)cc1Cl. The van der Waals surface area contributed by atoms with Gasteiger partial charge in [0.15, 0.2) is 4.96 Å². The fourth-order valence-electron chi connectivity index (χ4n) is 2.13. The molecule has 1 unspecified atom stereocenters. The first-order valence-electron chi connectivity index (χ1n) is 5.99. The van der Waals surface area contributed by atoms with Gasteiger partial charge in [0.25, 0.3) is 0 Å². The molecule has 0 fully saturated rings. The number of hydrogen-bond donors (Lipinski definition) is 2. The van der Waals surface area contributed by atoms with Crippen LogP contribution < -0.4 is 11.3 Å². The highest BCUT2D eigenvalue weighted by Gasteiger charge is 2.16. The Kier molecular flexibility index (Phi) is 3.96. The lowest BCUT2D eigenvalue weighted by molar-refractivity contribution is 0.547. The van der Waals surface area contributed by atoms with Crippen LogP contribution in [0.4, 0.5) is 0 Å². The van der Waals surface area contributed by atoms with Gasteiger partial charge in [-0.2, -0.15) is 0 Å². The van der Waals surface area contributed by atoms with Gasteiger partial charge in [0, 0.05) is 34.2 Å². The Hall–Kier alpha value is -1.11. The Morgan fingerprint density at radius 2 is 2.25 bits per heavy atom. The molecule has 3 N–H and O–H groups in total. The predicted octanol–water partition coefficient (Wildman–Crippen LogP) is 3.45. The summed E-state index contributed by atoms with van der Waals surface area (Å²) in [5.41, 5.74) is 4.67. The smallest absolute Gasteiger partial charge is 0.193 e. The van der Waals surface area contributed by atoms with Crippen LogP contribution in [-0.4, -0.2) is 9.38 Å². The van der Waals surface area contributed by atoms with Crippen molar-refractivity contribution in [3.8, 4) is 0 Å². The van der Waals surface area contributed by atoms with Crippen molar-refractivity contribution in [3.63, 3.8) is 0 Å². The molecule has 104 valence electrons. The van der Waals surface area contributed by atoms with Gasteiger partial charge in [0.1, 0.15) is 0 Å². The summed E-state index contributed by atoms with van der Waals surface area (Å²) in [6.45, 7) is 0. The molecule has 2 heterocycles. The number of fused-ring (bicyclic) bond motifs is 1. The van der Waals surface area contributed by atoms with Crippen molar-refractivity contribution in [1.29, 1.82) is 0 Å². The molecule has 1 atom stereocenters. The number of hydrogen-bond acceptors (Lipinski definition) is 4. The number of aromatic nitrogens is 2. The van der Waals surface area contributed by atoms with Gasteiger partial charge in [-0.15, -0.1) is 11.3 Å². The molecule has 4 nitrogen and oxygen atoms in total. The van der Waals surface area contributed by atoms with Crippen LogP contribution in [0.5, 0.6) is 0 Å². The van der Waals surface area contributed by atoms with E-state index in [1.807, 2.05) is 28.2 Å². The van der Waals surface area contributed by atoms with Crippen LogP contribution in [0.15, 0.2) is 36.0 Å². The summed E-state index contributed by atoms with van der Waals surface area (Å²) in [5.74, 6) is 5.66. The average Bonchev–Trinajstić information content (AvgIpc) is 2.97. The number of nitrogens with two attached hydrogens (primary N) is 1. The van der Waals surface area contributed by atoms with E-state index in [0.717, 1.165) is 16.2 Å². The van der Waals surface area contributed by atoms with Gasteiger partial charge >= 0.3 is 0 Å². The molecule has 3 aromatic rings. The maximum Gasteiger partial charge on any atom is 0.193 e. The van der Waals surface area contributed by atoms with Crippen molar-refractivity contribution in [1.82, 2.24) is 14.8 Å². The van der Waals surface area contributed by atoms with Crippen molar-refractivity contribution < 1.29 is 0 Å². The molecule has 0 saturated carbocycles. The molecule has 0 saturated heterocycles. The van der Waals surface area contributed by atoms with E-state index in [1.54, 1.807) is 23.5 Å². The zero-order valence-corrected chi connectivity index (χ0v) is 12.7. The Balaban J connectivity index is 1.88. The molecule has 2 aromatic heterocycles. The standard InChI is InChI=1S/C13H12Cl2N4S/c14-8-1-2-10(11(15)5-8)12(18-16)6-9-7-19-3-4-20-13(19)17-9/h1-5,7,12,18H,6,16H2. The largest absolute Gasteiger partial charge is 0.297 e. The second-order valence-corrected chi connectivity index (χ2v) is 6.13. The van der Waals surface area contributed by atoms with Crippen molar-refractivity contribution in [3.05, 3.63) is 57.3 Å². The van der Waals surface area contributed by atoms with Crippen LogP contribution in [0.2, 0.25) is 10.0 Å². The number of thiazole rings is 1. The minimum atomic E-state index is -0.107. The van der Waals surface area contributed by atoms with Crippen LogP contribution in [0.25, 0.3) is 4.96 Å². The summed E-state index contributed by atoms with van der Waals surface area (Å²) < 4.78 is 2.00. The lowest BCUT2D eigenvalue weighted by atomic mass is 10.0. The average molecular weight is 327 g/mol. The third-order valence-corrected chi connectivity index (χ3v) is 4.43. The molecular formula is C13H12Cl2N4S. The Bertz CT molecular complexity index is 708. The number of benzene rings is 1. The predicted molar refractivity (Wildman–Crippen MR) is 83.3 cm³/mol. The number of halogens is 2. The summed E-state index contributed by atoms with van der Waals surface area (Å²) in [5, 5.41) is 3.21. The number of nitrogens with zero attached hydrogens (tertiary/aromatic N) is 2. The Labute approximate surface area is 130 Å². The molecule has 0 aliphatic rings. The molecule has 0 spiro atoms. The first-order chi connectivity index (χ1) is 9.67. The second kappa shape index (κ2) is 5.71. The lowest BCUT2D eigenvalue weighted by Gasteiger charge is -2.16. The molecule has 0 aliphatic carbocycles. The van der Waals surface area contributed by atoms with Gasteiger partial charge in [-0.25, -0.2) is 4.98 Å². The maximum absolute atomic E-state index is 6.22. The van der Waals surface area contributed by atoms with E-state index in [-0.39, 0.29) is 6.04 Å². The summed E-state index contributed by atoms with van der Waals surface area (Å²) >= 11 is 13.7. The van der Waals surface area contributed by atoms with Crippen LogP contribution in [0.3, 0.4) is 0 Å². The van der Waals surface area contributed by atoms with Crippen LogP contribution >= 0.6 is 34.5 Å². The first-order valence-corrected chi connectivity index (χ1v) is 7.63. The second-order valence-electron chi connectivity index (χ2n) is 4.41. The quantitative estimate of drug-likeness (QED) is 0.570. The van der Waals surface area contributed by atoms with Gasteiger partial charge in [0.05, 0.1) is 11.7 Å². The number of nitrogens with one attached hydrogen (secondary N) is 1. The fourth-order valence-corrected chi connectivity index (χ4v) is 3.39. The number of rotatable bonds is 4. The summed E-state index contributed by atoms with van der Waals surface area (Å²) in [4.78, 5) is 5.52. The molecule has 0 aliphatic heterocycles. The van der Waals surface area contributed by atoms with E-state index in [9.17, 15) is 0 Å². The van der Waals surface area contributed by atoms with Crippen molar-refractivity contribution >= 4 is 39.5 Å². The highest BCUT2D eigenvalue weighted by molar-refractivity contribution is 7.15. The number of imidazole rings is 1. The van der Waals surface area contributed by atoms with Crippen molar-refractivity contribution in [2.75, 3.05) is 0 Å². The zero-order chi connectivity index (χ0) is 14.1. The normalized spacial score (nSPS) is 12.9. The molecule has 7 heteroatoms. The molecule has 0 amide bonds. The van der Waals surface area contributed by atoms with Crippen LogP contribution in [-0.2, 0) is 6.42 Å². The summed E-state index contributed by atoms with van der Waals surface area (Å²) in [7, 11) is 0. The molecule has 3 rings (SSSR count). The molecule has 20 heavy (non-hydrogen) atoms. The summed E-state index contributed by atoms with van der Waals surface area (Å²) in [6.07, 6.45) is 4.64. The van der Waals surface area contributed by atoms with E-state index >= 15 is 0 Å². The van der Waals surface area contributed by atoms with E-state index in [1.165, 1.54) is 0 Å². The van der Waals surface area contributed by atoms with Crippen molar-refractivity contribution in [2.45, 2.75) is 12.5 Å². The third kappa shape index (κ3) is 2.68. The third-order valence-electron chi connectivity index (χ3n) is 3.10. The fraction of sp³-hybridized carbons (Fsp3) is 0.154. The molecule has 0 radical (unpaired) electrons. The minimum absolute atomic E-state index is 0.107. The Morgan fingerprint density at radius 1 is 1.40 bits per heavy atom.